The summed E-state index contributed by atoms with van der Waals surface area (Å²) >= 11 is 5.79. The fourth-order valence-corrected chi connectivity index (χ4v) is 1.89. The Hall–Kier alpha value is -1.42. The summed E-state index contributed by atoms with van der Waals surface area (Å²) in [5.74, 6) is -0.277. The zero-order valence-corrected chi connectivity index (χ0v) is 11.2. The van der Waals surface area contributed by atoms with Crippen LogP contribution in [-0.2, 0) is 24.5 Å². The molecule has 0 fully saturated rings. The van der Waals surface area contributed by atoms with Crippen LogP contribution in [0.25, 0.3) is 0 Å². The number of nitrogens with two attached hydrogens (primary N) is 1. The van der Waals surface area contributed by atoms with Gasteiger partial charge in [0.25, 0.3) is 0 Å². The summed E-state index contributed by atoms with van der Waals surface area (Å²) in [6, 6.07) is 12.5. The monoisotopic (exact) mass is 279 g/mol. The van der Waals surface area contributed by atoms with E-state index in [0.717, 1.165) is 5.56 Å². The van der Waals surface area contributed by atoms with Crippen LogP contribution >= 0.6 is 11.6 Å². The Bertz CT molecular complexity index is 542. The Morgan fingerprint density at radius 2 is 1.68 bits per heavy atom. The molecule has 0 spiro atoms. The van der Waals surface area contributed by atoms with E-state index >= 15 is 0 Å². The number of hydrogen-bond donors (Lipinski definition) is 1. The van der Waals surface area contributed by atoms with Gasteiger partial charge in [0.15, 0.2) is 0 Å². The zero-order chi connectivity index (χ0) is 13.7. The van der Waals surface area contributed by atoms with Crippen molar-refractivity contribution in [1.82, 2.24) is 0 Å². The Morgan fingerprint density at radius 1 is 1.00 bits per heavy atom. The summed E-state index contributed by atoms with van der Waals surface area (Å²) in [6.45, 7) is 0.836. The quantitative estimate of drug-likeness (QED) is 0.907. The van der Waals surface area contributed by atoms with E-state index in [2.05, 4.69) is 0 Å². The largest absolute Gasteiger partial charge is 0.372 e. The molecule has 0 amide bonds. The highest BCUT2D eigenvalue weighted by Crippen LogP contribution is 2.15. The van der Waals surface area contributed by atoms with E-state index in [4.69, 9.17) is 22.1 Å². The van der Waals surface area contributed by atoms with Crippen LogP contribution in [0.4, 0.5) is 4.39 Å². The van der Waals surface area contributed by atoms with E-state index in [0.29, 0.717) is 22.8 Å². The fraction of sp³-hybridized carbons (Fsp3) is 0.200. The van der Waals surface area contributed by atoms with Crippen LogP contribution in [0.5, 0.6) is 0 Å². The average Bonchev–Trinajstić information content (AvgIpc) is 2.43. The van der Waals surface area contributed by atoms with Crippen molar-refractivity contribution in [3.63, 3.8) is 0 Å². The van der Waals surface area contributed by atoms with Gasteiger partial charge in [0.05, 0.1) is 13.2 Å². The van der Waals surface area contributed by atoms with Crippen LogP contribution in [0.3, 0.4) is 0 Å². The number of hydrogen-bond acceptors (Lipinski definition) is 2. The van der Waals surface area contributed by atoms with Crippen molar-refractivity contribution in [3.8, 4) is 0 Å². The molecular formula is C15H15ClFNO. The van der Waals surface area contributed by atoms with E-state index in [9.17, 15) is 4.39 Å². The van der Waals surface area contributed by atoms with E-state index in [1.165, 1.54) is 0 Å². The molecule has 0 atom stereocenters. The van der Waals surface area contributed by atoms with Crippen LogP contribution in [0.1, 0.15) is 16.7 Å². The fourth-order valence-electron chi connectivity index (χ4n) is 1.76. The van der Waals surface area contributed by atoms with Gasteiger partial charge in [-0.2, -0.15) is 0 Å². The summed E-state index contributed by atoms with van der Waals surface area (Å²) in [7, 11) is 0. The lowest BCUT2D eigenvalue weighted by Crippen LogP contribution is -2.04. The predicted octanol–water partition coefficient (Wildman–Crippen LogP) is 3.65. The van der Waals surface area contributed by atoms with Crippen LogP contribution in [0, 0.1) is 5.82 Å². The van der Waals surface area contributed by atoms with Gasteiger partial charge >= 0.3 is 0 Å². The van der Waals surface area contributed by atoms with Crippen LogP contribution in [0.15, 0.2) is 42.5 Å². The zero-order valence-electron chi connectivity index (χ0n) is 10.4. The molecule has 0 unspecified atom stereocenters. The molecule has 0 saturated heterocycles. The van der Waals surface area contributed by atoms with Gasteiger partial charge in [-0.05, 0) is 17.7 Å². The molecular weight excluding hydrogens is 265 g/mol. The lowest BCUT2D eigenvalue weighted by Gasteiger charge is -2.08. The minimum absolute atomic E-state index is 0.191. The van der Waals surface area contributed by atoms with Gasteiger partial charge in [0, 0.05) is 22.7 Å². The molecule has 2 rings (SSSR count). The van der Waals surface area contributed by atoms with E-state index in [1.807, 2.05) is 12.1 Å². The number of halogens is 2. The van der Waals surface area contributed by atoms with Gasteiger partial charge in [-0.25, -0.2) is 4.39 Å². The Kier molecular flexibility index (Phi) is 4.91. The molecule has 2 aromatic rings. The molecule has 0 heterocycles. The van der Waals surface area contributed by atoms with Gasteiger partial charge in [0.1, 0.15) is 5.82 Å². The van der Waals surface area contributed by atoms with Gasteiger partial charge in [-0.1, -0.05) is 41.9 Å². The number of ether oxygens (including phenoxy) is 1. The highest BCUT2D eigenvalue weighted by Gasteiger charge is 2.06. The summed E-state index contributed by atoms with van der Waals surface area (Å²) in [5, 5.41) is 0.686. The maximum Gasteiger partial charge on any atom is 0.133 e. The SMILES string of the molecule is NCc1cccc(COCc2ccc(Cl)cc2)c1F. The normalized spacial score (nSPS) is 10.7. The first-order valence-corrected chi connectivity index (χ1v) is 6.37. The molecule has 0 aliphatic rings. The molecule has 19 heavy (non-hydrogen) atoms. The Labute approximate surface area is 117 Å². The van der Waals surface area contributed by atoms with Crippen molar-refractivity contribution in [2.75, 3.05) is 0 Å². The van der Waals surface area contributed by atoms with Crippen molar-refractivity contribution in [2.45, 2.75) is 19.8 Å². The minimum atomic E-state index is -0.277. The minimum Gasteiger partial charge on any atom is -0.372 e. The second-order valence-electron chi connectivity index (χ2n) is 4.21. The Balaban J connectivity index is 1.94. The van der Waals surface area contributed by atoms with Crippen molar-refractivity contribution in [1.29, 1.82) is 0 Å². The first-order valence-electron chi connectivity index (χ1n) is 5.99. The summed E-state index contributed by atoms with van der Waals surface area (Å²) in [4.78, 5) is 0. The van der Waals surface area contributed by atoms with Crippen molar-refractivity contribution < 1.29 is 9.13 Å². The molecule has 100 valence electrons. The molecule has 2 aromatic carbocycles. The van der Waals surface area contributed by atoms with E-state index in [1.54, 1.807) is 30.3 Å². The molecule has 0 saturated carbocycles. The van der Waals surface area contributed by atoms with Gasteiger partial charge in [0.2, 0.25) is 0 Å². The maximum atomic E-state index is 13.9. The van der Waals surface area contributed by atoms with Gasteiger partial charge < -0.3 is 10.5 Å². The van der Waals surface area contributed by atoms with E-state index in [-0.39, 0.29) is 19.0 Å². The van der Waals surface area contributed by atoms with Crippen molar-refractivity contribution in [2.24, 2.45) is 5.73 Å². The van der Waals surface area contributed by atoms with Crippen LogP contribution < -0.4 is 5.73 Å². The number of rotatable bonds is 5. The molecule has 4 heteroatoms. The maximum absolute atomic E-state index is 13.9. The third kappa shape index (κ3) is 3.77. The second kappa shape index (κ2) is 6.66. The molecule has 0 radical (unpaired) electrons. The lowest BCUT2D eigenvalue weighted by atomic mass is 10.1. The first-order chi connectivity index (χ1) is 9.20. The van der Waals surface area contributed by atoms with Crippen LogP contribution in [0.2, 0.25) is 5.02 Å². The molecule has 0 bridgehead atoms. The first kappa shape index (κ1) is 14.0. The third-order valence-corrected chi connectivity index (χ3v) is 3.07. The molecule has 0 aromatic heterocycles. The molecule has 2 N–H and O–H groups in total. The highest BCUT2D eigenvalue weighted by molar-refractivity contribution is 6.30. The van der Waals surface area contributed by atoms with Gasteiger partial charge in [-0.3, -0.25) is 0 Å². The third-order valence-electron chi connectivity index (χ3n) is 2.82. The lowest BCUT2D eigenvalue weighted by molar-refractivity contribution is 0.105. The number of benzene rings is 2. The molecule has 0 aliphatic heterocycles. The van der Waals surface area contributed by atoms with Gasteiger partial charge in [-0.15, -0.1) is 0 Å². The Morgan fingerprint density at radius 3 is 2.37 bits per heavy atom. The van der Waals surface area contributed by atoms with E-state index < -0.39 is 0 Å². The van der Waals surface area contributed by atoms with Crippen molar-refractivity contribution >= 4 is 11.6 Å². The average molecular weight is 280 g/mol. The summed E-state index contributed by atoms with van der Waals surface area (Å²) in [6.07, 6.45) is 0. The summed E-state index contributed by atoms with van der Waals surface area (Å²) in [5.41, 5.74) is 7.49. The standard InChI is InChI=1S/C15H15ClFNO/c16-14-6-4-11(5-7-14)9-19-10-13-3-1-2-12(8-18)15(13)17/h1-7H,8-10,18H2. The topological polar surface area (TPSA) is 35.2 Å². The summed E-state index contributed by atoms with van der Waals surface area (Å²) < 4.78 is 19.4. The molecule has 0 aliphatic carbocycles. The second-order valence-corrected chi connectivity index (χ2v) is 4.65. The smallest absolute Gasteiger partial charge is 0.133 e. The highest BCUT2D eigenvalue weighted by atomic mass is 35.5. The van der Waals surface area contributed by atoms with Crippen LogP contribution in [-0.4, -0.2) is 0 Å². The van der Waals surface area contributed by atoms with Crippen molar-refractivity contribution in [3.05, 3.63) is 70.0 Å². The molecule has 2 nitrogen and oxygen atoms in total. The predicted molar refractivity (Wildman–Crippen MR) is 74.2 cm³/mol.